The Balaban J connectivity index is 1.59. The Bertz CT molecular complexity index is 873. The molecule has 2 N–H and O–H groups in total. The molecule has 0 unspecified atom stereocenters. The van der Waals surface area contributed by atoms with E-state index < -0.39 is 0 Å². The Hall–Kier alpha value is -2.56. The summed E-state index contributed by atoms with van der Waals surface area (Å²) in [5.74, 6) is 0.149. The van der Waals surface area contributed by atoms with Gasteiger partial charge in [-0.1, -0.05) is 12.1 Å². The summed E-state index contributed by atoms with van der Waals surface area (Å²) in [7, 11) is 0. The summed E-state index contributed by atoms with van der Waals surface area (Å²) in [6, 6.07) is 8.14. The van der Waals surface area contributed by atoms with Crippen LogP contribution >= 0.6 is 0 Å². The first-order chi connectivity index (χ1) is 11.0. The fourth-order valence-corrected chi connectivity index (χ4v) is 2.88. The van der Waals surface area contributed by atoms with E-state index in [9.17, 15) is 4.79 Å². The fourth-order valence-electron chi connectivity index (χ4n) is 2.88. The zero-order valence-electron chi connectivity index (χ0n) is 13.3. The van der Waals surface area contributed by atoms with Crippen LogP contribution in [0.3, 0.4) is 0 Å². The monoisotopic (exact) mass is 309 g/mol. The van der Waals surface area contributed by atoms with Gasteiger partial charge in [-0.15, -0.1) is 0 Å². The minimum absolute atomic E-state index is 0.136. The third-order valence-corrected chi connectivity index (χ3v) is 4.72. The number of benzene rings is 1. The van der Waals surface area contributed by atoms with E-state index in [0.717, 1.165) is 46.3 Å². The van der Waals surface area contributed by atoms with Crippen LogP contribution in [0.5, 0.6) is 0 Å². The first kappa shape index (κ1) is 14.1. The average molecular weight is 309 g/mol. The number of hydrogen-bond donors (Lipinski definition) is 2. The highest BCUT2D eigenvalue weighted by Crippen LogP contribution is 2.45. The van der Waals surface area contributed by atoms with Gasteiger partial charge in [0.15, 0.2) is 0 Å². The number of fused-ring (bicyclic) bond motifs is 1. The summed E-state index contributed by atoms with van der Waals surface area (Å²) >= 11 is 0. The highest BCUT2D eigenvalue weighted by atomic mass is 16.5. The van der Waals surface area contributed by atoms with Gasteiger partial charge in [0.1, 0.15) is 12.0 Å². The van der Waals surface area contributed by atoms with Gasteiger partial charge in [0.25, 0.3) is 0 Å². The minimum Gasteiger partial charge on any atom is -0.364 e. The zero-order valence-corrected chi connectivity index (χ0v) is 13.3. The molecule has 0 bridgehead atoms. The Morgan fingerprint density at radius 3 is 2.91 bits per heavy atom. The Kier molecular flexibility index (Phi) is 3.04. The van der Waals surface area contributed by atoms with Crippen molar-refractivity contribution in [2.45, 2.75) is 33.2 Å². The molecule has 4 rings (SSSR count). The molecular weight excluding hydrogens is 290 g/mol. The number of carbonyl (C=O) groups is 1. The smallest absolute Gasteiger partial charge is 0.226 e. The molecule has 2 heterocycles. The van der Waals surface area contributed by atoms with Crippen molar-refractivity contribution in [3.63, 3.8) is 0 Å². The van der Waals surface area contributed by atoms with Crippen molar-refractivity contribution in [2.75, 3.05) is 0 Å². The molecule has 23 heavy (non-hydrogen) atoms. The number of nitrogens with one attached hydrogen (secondary N) is 2. The molecule has 5 nitrogen and oxygen atoms in total. The number of aryl methyl sites for hydroxylation is 1. The van der Waals surface area contributed by atoms with E-state index in [4.69, 9.17) is 4.52 Å². The minimum atomic E-state index is -0.136. The van der Waals surface area contributed by atoms with Crippen LogP contribution in [-0.2, 0) is 11.3 Å². The number of aromatic nitrogens is 2. The van der Waals surface area contributed by atoms with Crippen LogP contribution in [-0.4, -0.2) is 16.0 Å². The molecule has 1 fully saturated rings. The summed E-state index contributed by atoms with van der Waals surface area (Å²) in [6.07, 6.45) is 3.56. The average Bonchev–Trinajstić information content (AvgIpc) is 2.95. The van der Waals surface area contributed by atoms with E-state index in [1.54, 1.807) is 6.26 Å². The molecule has 118 valence electrons. The van der Waals surface area contributed by atoms with Crippen LogP contribution in [0.25, 0.3) is 22.2 Å². The van der Waals surface area contributed by atoms with Gasteiger partial charge in [-0.25, -0.2) is 0 Å². The third-order valence-electron chi connectivity index (χ3n) is 4.72. The van der Waals surface area contributed by atoms with Crippen molar-refractivity contribution < 1.29 is 9.32 Å². The molecule has 0 aliphatic heterocycles. The lowest BCUT2D eigenvalue weighted by Crippen LogP contribution is -2.29. The first-order valence-electron chi connectivity index (χ1n) is 7.86. The Morgan fingerprint density at radius 2 is 2.22 bits per heavy atom. The molecule has 0 atom stereocenters. The maximum Gasteiger partial charge on any atom is 0.226 e. The second-order valence-corrected chi connectivity index (χ2v) is 6.68. The SMILES string of the molecule is Cc1cc2[nH]c(CNC(=O)C3(C)CC3)cc2cc1-c1ccon1. The highest BCUT2D eigenvalue weighted by molar-refractivity contribution is 5.87. The first-order valence-corrected chi connectivity index (χ1v) is 7.86. The predicted octanol–water partition coefficient (Wildman–Crippen LogP) is 3.55. The lowest BCUT2D eigenvalue weighted by Gasteiger charge is -2.08. The molecule has 1 aliphatic rings. The molecule has 1 aliphatic carbocycles. The van der Waals surface area contributed by atoms with Crippen molar-refractivity contribution >= 4 is 16.8 Å². The molecule has 3 aromatic rings. The van der Waals surface area contributed by atoms with Crippen molar-refractivity contribution in [2.24, 2.45) is 5.41 Å². The van der Waals surface area contributed by atoms with Crippen LogP contribution in [0.4, 0.5) is 0 Å². The highest BCUT2D eigenvalue weighted by Gasteiger charge is 2.44. The molecule has 2 aromatic heterocycles. The van der Waals surface area contributed by atoms with Crippen LogP contribution in [0.2, 0.25) is 0 Å². The van der Waals surface area contributed by atoms with Gasteiger partial charge in [-0.3, -0.25) is 4.79 Å². The van der Waals surface area contributed by atoms with Gasteiger partial charge in [0, 0.05) is 33.6 Å². The lowest BCUT2D eigenvalue weighted by atomic mass is 10.0. The van der Waals surface area contributed by atoms with E-state index in [-0.39, 0.29) is 11.3 Å². The predicted molar refractivity (Wildman–Crippen MR) is 87.7 cm³/mol. The van der Waals surface area contributed by atoms with E-state index in [1.165, 1.54) is 0 Å². The largest absolute Gasteiger partial charge is 0.364 e. The third kappa shape index (κ3) is 2.52. The van der Waals surface area contributed by atoms with Gasteiger partial charge in [0.05, 0.1) is 6.54 Å². The second-order valence-electron chi connectivity index (χ2n) is 6.68. The molecule has 0 radical (unpaired) electrons. The number of nitrogens with zero attached hydrogens (tertiary/aromatic N) is 1. The second kappa shape index (κ2) is 4.98. The lowest BCUT2D eigenvalue weighted by molar-refractivity contribution is -0.125. The molecule has 1 aromatic carbocycles. The molecule has 0 saturated heterocycles. The van der Waals surface area contributed by atoms with Crippen LogP contribution < -0.4 is 5.32 Å². The topological polar surface area (TPSA) is 70.9 Å². The van der Waals surface area contributed by atoms with Crippen LogP contribution in [0.1, 0.15) is 31.0 Å². The summed E-state index contributed by atoms with van der Waals surface area (Å²) in [5, 5.41) is 8.14. The fraction of sp³-hybridized carbons (Fsp3) is 0.333. The Morgan fingerprint density at radius 1 is 1.39 bits per heavy atom. The molecular formula is C18H19N3O2. The van der Waals surface area contributed by atoms with Crippen molar-refractivity contribution in [1.29, 1.82) is 0 Å². The van der Waals surface area contributed by atoms with E-state index in [2.05, 4.69) is 40.6 Å². The molecule has 0 spiro atoms. The number of aromatic amines is 1. The number of amides is 1. The van der Waals surface area contributed by atoms with Crippen molar-refractivity contribution in [1.82, 2.24) is 15.5 Å². The van der Waals surface area contributed by atoms with E-state index in [0.29, 0.717) is 6.54 Å². The zero-order chi connectivity index (χ0) is 16.0. The molecule has 1 amide bonds. The van der Waals surface area contributed by atoms with Crippen LogP contribution in [0.15, 0.2) is 35.1 Å². The van der Waals surface area contributed by atoms with Gasteiger partial charge in [-0.2, -0.15) is 0 Å². The number of carbonyl (C=O) groups excluding carboxylic acids is 1. The number of rotatable bonds is 4. The summed E-state index contributed by atoms with van der Waals surface area (Å²) < 4.78 is 4.94. The van der Waals surface area contributed by atoms with E-state index >= 15 is 0 Å². The van der Waals surface area contributed by atoms with E-state index in [1.807, 2.05) is 13.0 Å². The summed E-state index contributed by atoms with van der Waals surface area (Å²) in [5.41, 5.74) is 4.97. The maximum absolute atomic E-state index is 12.0. The molecule has 1 saturated carbocycles. The quantitative estimate of drug-likeness (QED) is 0.774. The van der Waals surface area contributed by atoms with Gasteiger partial charge in [0.2, 0.25) is 5.91 Å². The van der Waals surface area contributed by atoms with Crippen molar-refractivity contribution in [3.8, 4) is 11.3 Å². The van der Waals surface area contributed by atoms with Gasteiger partial charge >= 0.3 is 0 Å². The summed E-state index contributed by atoms with van der Waals surface area (Å²) in [4.78, 5) is 15.4. The van der Waals surface area contributed by atoms with Crippen LogP contribution in [0, 0.1) is 12.3 Å². The Labute approximate surface area is 134 Å². The van der Waals surface area contributed by atoms with Gasteiger partial charge < -0.3 is 14.8 Å². The number of H-pyrrole nitrogens is 1. The summed E-state index contributed by atoms with van der Waals surface area (Å²) in [6.45, 7) is 4.60. The van der Waals surface area contributed by atoms with Gasteiger partial charge in [-0.05, 0) is 43.5 Å². The number of hydrogen-bond acceptors (Lipinski definition) is 3. The maximum atomic E-state index is 12.0. The van der Waals surface area contributed by atoms with Crippen molar-refractivity contribution in [3.05, 3.63) is 41.8 Å². The molecule has 5 heteroatoms. The normalized spacial score (nSPS) is 15.7. The standard InChI is InChI=1S/C18H19N3O2/c1-11-7-16-12(9-14(11)15-3-6-23-21-15)8-13(20-16)10-19-17(22)18(2)4-5-18/h3,6-9,20H,4-5,10H2,1-2H3,(H,19,22).